The van der Waals surface area contributed by atoms with Crippen molar-refractivity contribution in [3.8, 4) is 0 Å². The third-order valence-electron chi connectivity index (χ3n) is 4.45. The smallest absolute Gasteiger partial charge is 0.414 e. The zero-order chi connectivity index (χ0) is 20.3. The van der Waals surface area contributed by atoms with E-state index in [-0.39, 0.29) is 24.5 Å². The molecule has 2 heterocycles. The number of ether oxygens (including phenoxy) is 1. The van der Waals surface area contributed by atoms with Crippen molar-refractivity contribution in [1.82, 2.24) is 5.06 Å². The predicted octanol–water partition coefficient (Wildman–Crippen LogP) is 3.15. The summed E-state index contributed by atoms with van der Waals surface area (Å²) in [4.78, 5) is 31.1. The average Bonchev–Trinajstić information content (AvgIpc) is 2.83. The van der Waals surface area contributed by atoms with Gasteiger partial charge in [0, 0.05) is 38.0 Å². The molecule has 7 nitrogen and oxygen atoms in total. The van der Waals surface area contributed by atoms with Gasteiger partial charge >= 0.3 is 11.3 Å². The number of carbonyl (C=O) groups excluding carboxylic acids is 2. The molecule has 0 N–H and O–H groups in total. The van der Waals surface area contributed by atoms with Gasteiger partial charge in [0.1, 0.15) is 18.4 Å². The molecule has 3 rings (SSSR count). The van der Waals surface area contributed by atoms with E-state index in [0.29, 0.717) is 13.1 Å². The number of amides is 2. The van der Waals surface area contributed by atoms with Gasteiger partial charge in [-0.15, -0.1) is 0 Å². The lowest BCUT2D eigenvalue weighted by Crippen LogP contribution is -2.30. The molecule has 0 bridgehead atoms. The van der Waals surface area contributed by atoms with E-state index in [1.807, 2.05) is 0 Å². The number of hydrogen-bond donors (Lipinski definition) is 1. The van der Waals surface area contributed by atoms with E-state index in [2.05, 4.69) is 12.6 Å². The molecule has 11 heteroatoms. The number of cyclic esters (lactones) is 1. The van der Waals surface area contributed by atoms with Crippen molar-refractivity contribution in [3.05, 3.63) is 23.8 Å². The van der Waals surface area contributed by atoms with Crippen molar-refractivity contribution in [2.24, 2.45) is 0 Å². The summed E-state index contributed by atoms with van der Waals surface area (Å²) in [6, 6.07) is 2.29. The van der Waals surface area contributed by atoms with Crippen molar-refractivity contribution < 1.29 is 27.9 Å². The summed E-state index contributed by atoms with van der Waals surface area (Å²) in [5.41, 5.74) is 0.0155. The van der Waals surface area contributed by atoms with Crippen LogP contribution < -0.4 is 9.80 Å². The van der Waals surface area contributed by atoms with Gasteiger partial charge in [0.15, 0.2) is 11.6 Å². The molecule has 2 fully saturated rings. The van der Waals surface area contributed by atoms with Crippen LogP contribution in [0.15, 0.2) is 12.1 Å². The Labute approximate surface area is 171 Å². The summed E-state index contributed by atoms with van der Waals surface area (Å²) >= 11 is 5.36. The fourth-order valence-corrected chi connectivity index (χ4v) is 3.99. The van der Waals surface area contributed by atoms with Crippen LogP contribution in [0, 0.1) is 11.6 Å². The van der Waals surface area contributed by atoms with Crippen molar-refractivity contribution in [2.75, 3.05) is 54.6 Å². The highest BCUT2D eigenvalue weighted by Gasteiger charge is 2.34. The second-order valence-electron chi connectivity index (χ2n) is 6.40. The third-order valence-corrected chi connectivity index (χ3v) is 5.78. The Hall–Kier alpha value is -1.72. The van der Waals surface area contributed by atoms with Crippen LogP contribution in [0.2, 0.25) is 0 Å². The molecule has 154 valence electrons. The van der Waals surface area contributed by atoms with Crippen LogP contribution in [0.4, 0.5) is 29.7 Å². The van der Waals surface area contributed by atoms with Gasteiger partial charge in [0.2, 0.25) is 0 Å². The highest BCUT2D eigenvalue weighted by molar-refractivity contribution is 7.99. The molecular formula is C17H21F2N3O4S2. The van der Waals surface area contributed by atoms with E-state index in [0.717, 1.165) is 40.0 Å². The molecule has 2 amide bonds. The summed E-state index contributed by atoms with van der Waals surface area (Å²) in [6.45, 7) is 1.12. The standard InChI is InChI=1S/C17H21F2N3O4S2/c1-20(17(24)27)25-10-12-9-22(16(23)26-12)11-7-13(18)15(14(19)8-11)21-3-2-5-28-6-4-21/h7-8,12H,2-6,9-10H2,1H3,(H,24,27)/t12-/m0/s1. The molecule has 0 aliphatic carbocycles. The number of carbonyl (C=O) groups is 2. The van der Waals surface area contributed by atoms with Crippen LogP contribution in [0.25, 0.3) is 0 Å². The zero-order valence-electron chi connectivity index (χ0n) is 15.3. The highest BCUT2D eigenvalue weighted by Crippen LogP contribution is 2.32. The summed E-state index contributed by atoms with van der Waals surface area (Å²) in [7, 11) is 1.37. The molecule has 1 aromatic carbocycles. The van der Waals surface area contributed by atoms with Crippen molar-refractivity contribution in [2.45, 2.75) is 12.5 Å². The van der Waals surface area contributed by atoms with E-state index >= 15 is 0 Å². The summed E-state index contributed by atoms with van der Waals surface area (Å²) in [5, 5.41) is 0.292. The highest BCUT2D eigenvalue weighted by atomic mass is 32.2. The number of benzene rings is 1. The molecule has 2 aliphatic heterocycles. The number of thioether (sulfide) groups is 1. The summed E-state index contributed by atoms with van der Waals surface area (Å²) < 4.78 is 34.6. The average molecular weight is 434 g/mol. The normalized spacial score (nSPS) is 20.1. The number of nitrogens with zero attached hydrogens (tertiary/aromatic N) is 3. The van der Waals surface area contributed by atoms with Gasteiger partial charge in [-0.1, -0.05) is 12.6 Å². The largest absolute Gasteiger partial charge is 0.441 e. The van der Waals surface area contributed by atoms with Crippen molar-refractivity contribution in [1.29, 1.82) is 0 Å². The second-order valence-corrected chi connectivity index (χ2v) is 8.01. The van der Waals surface area contributed by atoms with Gasteiger partial charge in [0.25, 0.3) is 0 Å². The Bertz CT molecular complexity index is 724. The first-order valence-electron chi connectivity index (χ1n) is 8.76. The Morgan fingerprint density at radius 2 is 2.07 bits per heavy atom. The quantitative estimate of drug-likeness (QED) is 0.569. The molecule has 1 aromatic rings. The van der Waals surface area contributed by atoms with E-state index in [1.54, 1.807) is 16.7 Å². The number of rotatable bonds is 5. The second kappa shape index (κ2) is 9.19. The van der Waals surface area contributed by atoms with Gasteiger partial charge in [-0.2, -0.15) is 11.8 Å². The number of hydrogen-bond acceptors (Lipinski definition) is 6. The molecule has 0 saturated carbocycles. The van der Waals surface area contributed by atoms with Crippen molar-refractivity contribution in [3.63, 3.8) is 0 Å². The van der Waals surface area contributed by atoms with Crippen LogP contribution in [0.5, 0.6) is 0 Å². The molecule has 1 atom stereocenters. The van der Waals surface area contributed by atoms with Crippen LogP contribution in [-0.2, 0) is 9.57 Å². The number of hydroxylamine groups is 2. The first-order chi connectivity index (χ1) is 13.4. The number of halogens is 2. The van der Waals surface area contributed by atoms with Crippen LogP contribution in [0.3, 0.4) is 0 Å². The number of thiol groups is 1. The van der Waals surface area contributed by atoms with Gasteiger partial charge < -0.3 is 9.64 Å². The lowest BCUT2D eigenvalue weighted by atomic mass is 10.2. The fraction of sp³-hybridized carbons (Fsp3) is 0.529. The molecule has 0 unspecified atom stereocenters. The Kier molecular flexibility index (Phi) is 6.89. The van der Waals surface area contributed by atoms with Gasteiger partial charge in [-0.25, -0.2) is 18.6 Å². The minimum Gasteiger partial charge on any atom is -0.441 e. The van der Waals surface area contributed by atoms with Gasteiger partial charge in [0.05, 0.1) is 12.2 Å². The van der Waals surface area contributed by atoms with E-state index < -0.39 is 29.1 Å². The molecule has 2 aliphatic rings. The number of anilines is 2. The topological polar surface area (TPSA) is 62.3 Å². The lowest BCUT2D eigenvalue weighted by Gasteiger charge is -2.24. The first-order valence-corrected chi connectivity index (χ1v) is 10.4. The van der Waals surface area contributed by atoms with Crippen LogP contribution in [-0.4, -0.2) is 67.3 Å². The maximum absolute atomic E-state index is 14.7. The SMILES string of the molecule is CN(OC[C@@H]1CN(c2cc(F)c(N3CCCSCC3)c(F)c2)C(=O)O1)C(=O)S. The fourth-order valence-electron chi connectivity index (χ4n) is 3.05. The molecular weight excluding hydrogens is 412 g/mol. The summed E-state index contributed by atoms with van der Waals surface area (Å²) in [6.07, 6.45) is -0.559. The van der Waals surface area contributed by atoms with E-state index in [4.69, 9.17) is 9.57 Å². The maximum atomic E-state index is 14.7. The molecule has 0 spiro atoms. The minimum absolute atomic E-state index is 0.0476. The Morgan fingerprint density at radius 1 is 1.36 bits per heavy atom. The van der Waals surface area contributed by atoms with E-state index in [1.165, 1.54) is 7.05 Å². The molecule has 2 saturated heterocycles. The van der Waals surface area contributed by atoms with Crippen LogP contribution in [0.1, 0.15) is 6.42 Å². The van der Waals surface area contributed by atoms with E-state index in [9.17, 15) is 18.4 Å². The molecule has 28 heavy (non-hydrogen) atoms. The van der Waals surface area contributed by atoms with Gasteiger partial charge in [-0.3, -0.25) is 14.5 Å². The van der Waals surface area contributed by atoms with Crippen LogP contribution >= 0.6 is 24.4 Å². The van der Waals surface area contributed by atoms with Gasteiger partial charge in [-0.05, 0) is 12.2 Å². The molecule has 0 radical (unpaired) electrons. The third kappa shape index (κ3) is 4.81. The summed E-state index contributed by atoms with van der Waals surface area (Å²) in [5.74, 6) is 0.350. The maximum Gasteiger partial charge on any atom is 0.414 e. The Balaban J connectivity index is 1.71. The monoisotopic (exact) mass is 433 g/mol. The minimum atomic E-state index is -0.730. The Morgan fingerprint density at radius 3 is 2.75 bits per heavy atom. The zero-order valence-corrected chi connectivity index (χ0v) is 17.0. The van der Waals surface area contributed by atoms with Crippen molar-refractivity contribution >= 4 is 47.1 Å². The lowest BCUT2D eigenvalue weighted by molar-refractivity contribution is -0.113. The molecule has 0 aromatic heterocycles. The predicted molar refractivity (Wildman–Crippen MR) is 106 cm³/mol. The first kappa shape index (κ1) is 21.0.